The van der Waals surface area contributed by atoms with Gasteiger partial charge in [-0.15, -0.1) is 0 Å². The Morgan fingerprint density at radius 2 is 1.84 bits per heavy atom. The van der Waals surface area contributed by atoms with E-state index in [1.54, 1.807) is 17.9 Å². The number of halogens is 1. The van der Waals surface area contributed by atoms with Crippen molar-refractivity contribution in [2.75, 3.05) is 37.6 Å². The van der Waals surface area contributed by atoms with E-state index in [1.807, 2.05) is 46.8 Å². The van der Waals surface area contributed by atoms with E-state index >= 15 is 0 Å². The number of carbonyl (C=O) groups is 3. The van der Waals surface area contributed by atoms with Crippen molar-refractivity contribution in [3.63, 3.8) is 0 Å². The molecule has 2 heterocycles. The van der Waals surface area contributed by atoms with Gasteiger partial charge in [-0.05, 0) is 91.0 Å². The van der Waals surface area contributed by atoms with E-state index in [1.165, 1.54) is 0 Å². The van der Waals surface area contributed by atoms with Crippen molar-refractivity contribution in [2.24, 2.45) is 16.8 Å². The van der Waals surface area contributed by atoms with Gasteiger partial charge in [0.1, 0.15) is 5.60 Å². The molecule has 0 aliphatic carbocycles. The Bertz CT molecular complexity index is 1130. The van der Waals surface area contributed by atoms with Crippen LogP contribution in [-0.4, -0.2) is 66.8 Å². The summed E-state index contributed by atoms with van der Waals surface area (Å²) >= 11 is 6.48. The number of piperidine rings is 1. The number of amides is 3. The van der Waals surface area contributed by atoms with Crippen LogP contribution >= 0.6 is 11.6 Å². The minimum atomic E-state index is -0.504. The van der Waals surface area contributed by atoms with Crippen LogP contribution in [-0.2, 0) is 9.53 Å². The molecule has 0 saturated carbocycles. The monoisotopic (exact) mass is 544 g/mol. The van der Waals surface area contributed by atoms with Crippen molar-refractivity contribution in [1.29, 1.82) is 0 Å². The Labute approximate surface area is 231 Å². The molecular weight excluding hydrogens is 504 g/mol. The maximum Gasteiger partial charge on any atom is 0.410 e. The Kier molecular flexibility index (Phi) is 9.63. The molecule has 1 unspecified atom stereocenters. The summed E-state index contributed by atoms with van der Waals surface area (Å²) in [5.41, 5.74) is 3.33. The molecule has 208 valence electrons. The van der Waals surface area contributed by atoms with Crippen LogP contribution in [0.3, 0.4) is 0 Å². The highest BCUT2D eigenvalue weighted by Crippen LogP contribution is 2.31. The van der Waals surface area contributed by atoms with E-state index in [9.17, 15) is 14.4 Å². The summed E-state index contributed by atoms with van der Waals surface area (Å²) in [4.78, 5) is 46.0. The summed E-state index contributed by atoms with van der Waals surface area (Å²) in [5.74, 6) is -0.554. The number of rotatable bonds is 7. The molecule has 38 heavy (non-hydrogen) atoms. The molecular formula is C29H41ClN4O4. The fourth-order valence-corrected chi connectivity index (χ4v) is 5.22. The minimum absolute atomic E-state index is 0.186. The molecule has 8 nitrogen and oxygen atoms in total. The molecule has 0 spiro atoms. The lowest BCUT2D eigenvalue weighted by atomic mass is 9.95. The molecule has 0 aromatic heterocycles. The van der Waals surface area contributed by atoms with E-state index in [0.717, 1.165) is 42.8 Å². The van der Waals surface area contributed by atoms with E-state index in [0.29, 0.717) is 35.3 Å². The third kappa shape index (κ3) is 7.59. The SMILES string of the molecule is CCN(CC1CCN(C(=O)OC(C)(C)C)CC1)c1cc(Cl)cc(C(=O)NCC2C(=O)N=C(C)C=C2C)c1C. The van der Waals surface area contributed by atoms with Crippen LogP contribution in [0.15, 0.2) is 28.8 Å². The van der Waals surface area contributed by atoms with Crippen LogP contribution < -0.4 is 10.2 Å². The van der Waals surface area contributed by atoms with E-state index < -0.39 is 11.5 Å². The van der Waals surface area contributed by atoms with Crippen molar-refractivity contribution in [1.82, 2.24) is 10.2 Å². The molecule has 9 heteroatoms. The largest absolute Gasteiger partial charge is 0.444 e. The van der Waals surface area contributed by atoms with Crippen LogP contribution in [0.25, 0.3) is 0 Å². The highest BCUT2D eigenvalue weighted by Gasteiger charge is 2.29. The molecule has 1 atom stereocenters. The molecule has 3 amide bonds. The van der Waals surface area contributed by atoms with Gasteiger partial charge in [-0.2, -0.15) is 0 Å². The zero-order chi connectivity index (χ0) is 28.2. The summed E-state index contributed by atoms with van der Waals surface area (Å²) in [6, 6.07) is 3.58. The number of hydrogen-bond acceptors (Lipinski definition) is 5. The number of nitrogens with one attached hydrogen (secondary N) is 1. The normalized spacial score (nSPS) is 18.6. The highest BCUT2D eigenvalue weighted by molar-refractivity contribution is 6.31. The maximum atomic E-state index is 13.2. The topological polar surface area (TPSA) is 91.3 Å². The third-order valence-electron chi connectivity index (χ3n) is 7.09. The minimum Gasteiger partial charge on any atom is -0.444 e. The first-order chi connectivity index (χ1) is 17.8. The maximum absolute atomic E-state index is 13.2. The smallest absolute Gasteiger partial charge is 0.410 e. The van der Waals surface area contributed by atoms with Gasteiger partial charge in [-0.1, -0.05) is 17.2 Å². The molecule has 3 rings (SSSR count). The Balaban J connectivity index is 1.66. The lowest BCUT2D eigenvalue weighted by molar-refractivity contribution is -0.120. The molecule has 2 aliphatic rings. The van der Waals surface area contributed by atoms with Gasteiger partial charge in [0.05, 0.1) is 5.92 Å². The van der Waals surface area contributed by atoms with Gasteiger partial charge < -0.3 is 19.9 Å². The number of aliphatic imine (C=N–C) groups is 1. The Hall–Kier alpha value is -2.87. The van der Waals surface area contributed by atoms with Crippen LogP contribution in [0.4, 0.5) is 10.5 Å². The molecule has 0 radical (unpaired) electrons. The van der Waals surface area contributed by atoms with E-state index in [-0.39, 0.29) is 24.5 Å². The second-order valence-electron chi connectivity index (χ2n) is 11.3. The first kappa shape index (κ1) is 29.7. The fourth-order valence-electron chi connectivity index (χ4n) is 5.01. The van der Waals surface area contributed by atoms with Crippen molar-refractivity contribution >= 4 is 40.9 Å². The molecule has 2 aliphatic heterocycles. The average Bonchev–Trinajstić information content (AvgIpc) is 2.82. The van der Waals surface area contributed by atoms with Gasteiger partial charge in [-0.3, -0.25) is 9.59 Å². The Morgan fingerprint density at radius 1 is 1.18 bits per heavy atom. The Morgan fingerprint density at radius 3 is 2.42 bits per heavy atom. The van der Waals surface area contributed by atoms with E-state index in [2.05, 4.69) is 22.1 Å². The molecule has 1 fully saturated rings. The van der Waals surface area contributed by atoms with Gasteiger partial charge in [0.2, 0.25) is 0 Å². The third-order valence-corrected chi connectivity index (χ3v) is 7.31. The van der Waals surface area contributed by atoms with Crippen LogP contribution in [0, 0.1) is 18.8 Å². The van der Waals surface area contributed by atoms with Crippen molar-refractivity contribution in [2.45, 2.75) is 66.9 Å². The summed E-state index contributed by atoms with van der Waals surface area (Å²) < 4.78 is 5.52. The highest BCUT2D eigenvalue weighted by atomic mass is 35.5. The molecule has 1 aromatic rings. The molecule has 1 N–H and O–H groups in total. The van der Waals surface area contributed by atoms with Gasteiger partial charge in [0, 0.05) is 54.7 Å². The van der Waals surface area contributed by atoms with Crippen LogP contribution in [0.5, 0.6) is 0 Å². The molecule has 1 saturated heterocycles. The number of ether oxygens (including phenoxy) is 1. The summed E-state index contributed by atoms with van der Waals surface area (Å²) in [6.07, 6.45) is 3.38. The van der Waals surface area contributed by atoms with Crippen LogP contribution in [0.1, 0.15) is 70.3 Å². The van der Waals surface area contributed by atoms with Crippen molar-refractivity contribution in [3.8, 4) is 0 Å². The summed E-state index contributed by atoms with van der Waals surface area (Å²) in [6.45, 7) is 16.4. The predicted octanol–water partition coefficient (Wildman–Crippen LogP) is 5.42. The standard InChI is InChI=1S/C29H41ClN4O4/c1-8-33(17-21-9-11-34(12-10-21)28(37)38-29(5,6)7)25-15-22(30)14-23(20(25)4)26(35)31-16-24-18(2)13-19(3)32-27(24)36/h13-15,21,24H,8-12,16-17H2,1-7H3,(H,31,35). The predicted molar refractivity (Wildman–Crippen MR) is 152 cm³/mol. The van der Waals surface area contributed by atoms with Gasteiger partial charge in [0.25, 0.3) is 11.8 Å². The average molecular weight is 545 g/mol. The van der Waals surface area contributed by atoms with Crippen LogP contribution in [0.2, 0.25) is 5.02 Å². The number of dihydropyridines is 1. The van der Waals surface area contributed by atoms with Gasteiger partial charge in [0.15, 0.2) is 0 Å². The molecule has 1 aromatic carbocycles. The van der Waals surface area contributed by atoms with Crippen molar-refractivity contribution in [3.05, 3.63) is 39.9 Å². The molecule has 0 bridgehead atoms. The zero-order valence-corrected chi connectivity index (χ0v) is 24.4. The number of hydrogen-bond donors (Lipinski definition) is 1. The summed E-state index contributed by atoms with van der Waals surface area (Å²) in [5, 5.41) is 3.40. The first-order valence-electron chi connectivity index (χ1n) is 13.4. The number of benzene rings is 1. The lowest BCUT2D eigenvalue weighted by Gasteiger charge is -2.36. The zero-order valence-electron chi connectivity index (χ0n) is 23.7. The number of anilines is 1. The summed E-state index contributed by atoms with van der Waals surface area (Å²) in [7, 11) is 0. The fraction of sp³-hybridized carbons (Fsp3) is 0.586. The lowest BCUT2D eigenvalue weighted by Crippen LogP contribution is -2.44. The second-order valence-corrected chi connectivity index (χ2v) is 11.7. The number of allylic oxidation sites excluding steroid dienone is 1. The van der Waals surface area contributed by atoms with Gasteiger partial charge in [-0.25, -0.2) is 9.79 Å². The number of nitrogens with zero attached hydrogens (tertiary/aromatic N) is 3. The first-order valence-corrected chi connectivity index (χ1v) is 13.7. The van der Waals surface area contributed by atoms with Crippen molar-refractivity contribution < 1.29 is 19.1 Å². The van der Waals surface area contributed by atoms with E-state index in [4.69, 9.17) is 16.3 Å². The number of likely N-dealkylation sites (tertiary alicyclic amines) is 1. The number of carbonyl (C=O) groups excluding carboxylic acids is 3. The second kappa shape index (κ2) is 12.3. The van der Waals surface area contributed by atoms with Gasteiger partial charge >= 0.3 is 6.09 Å². The quantitative estimate of drug-likeness (QED) is 0.495.